The van der Waals surface area contributed by atoms with Crippen molar-refractivity contribution in [2.75, 3.05) is 25.4 Å². The minimum Gasteiger partial charge on any atom is -0.370 e. The lowest BCUT2D eigenvalue weighted by molar-refractivity contribution is -0.154. The molecule has 0 aromatic heterocycles. The highest BCUT2D eigenvalue weighted by Crippen LogP contribution is 2.37. The van der Waals surface area contributed by atoms with Crippen LogP contribution in [0.5, 0.6) is 0 Å². The normalized spacial score (nSPS) is 16.0. The molecule has 1 atom stereocenters. The molecule has 33 heavy (non-hydrogen) atoms. The first-order valence-corrected chi connectivity index (χ1v) is 12.7. The molecular weight excluding hydrogens is 432 g/mol. The quantitative estimate of drug-likeness (QED) is 0.351. The molecule has 5 nitrogen and oxygen atoms in total. The van der Waals surface area contributed by atoms with E-state index >= 15 is 0 Å². The van der Waals surface area contributed by atoms with Gasteiger partial charge in [-0.25, -0.2) is 0 Å². The first-order chi connectivity index (χ1) is 16.1. The summed E-state index contributed by atoms with van der Waals surface area (Å²) in [5.74, 6) is 0.959. The number of benzene rings is 2. The summed E-state index contributed by atoms with van der Waals surface area (Å²) in [5.41, 5.74) is 5.34. The van der Waals surface area contributed by atoms with E-state index < -0.39 is 6.04 Å². The maximum atomic E-state index is 12.2. The van der Waals surface area contributed by atoms with E-state index in [0.717, 1.165) is 32.4 Å². The molecule has 0 radical (unpaired) electrons. The van der Waals surface area contributed by atoms with Crippen LogP contribution >= 0.6 is 12.6 Å². The molecule has 6 heteroatoms. The summed E-state index contributed by atoms with van der Waals surface area (Å²) < 4.78 is 0. The Kier molecular flexibility index (Phi) is 10.4. The zero-order valence-electron chi connectivity index (χ0n) is 19.5. The number of carbonyl (C=O) groups is 2. The fraction of sp³-hybridized carbons (Fsp3) is 0.481. The van der Waals surface area contributed by atoms with Gasteiger partial charge in [-0.2, -0.15) is 12.6 Å². The first-order valence-electron chi connectivity index (χ1n) is 12.0. The molecule has 3 rings (SSSR count). The number of Topliss-reactive ketones (excluding diaryl/α,β-unsaturated/α-hetero) is 1. The number of nitrogens with one attached hydrogen (secondary N) is 1. The van der Waals surface area contributed by atoms with Gasteiger partial charge in [0.2, 0.25) is 0 Å². The molecule has 1 aliphatic rings. The minimum absolute atomic E-state index is 0.0220. The minimum atomic E-state index is -0.541. The van der Waals surface area contributed by atoms with Crippen LogP contribution < -0.4 is 5.48 Å². The lowest BCUT2D eigenvalue weighted by atomic mass is 9.76. The monoisotopic (exact) mass is 468 g/mol. The molecule has 1 N–H and O–H groups in total. The van der Waals surface area contributed by atoms with E-state index in [1.807, 2.05) is 6.92 Å². The molecule has 0 unspecified atom stereocenters. The van der Waals surface area contributed by atoms with Gasteiger partial charge in [-0.15, -0.1) is 5.48 Å². The number of thiol groups is 1. The molecule has 0 bridgehead atoms. The maximum Gasteiger partial charge on any atom is 0.326 e. The number of carbonyl (C=O) groups excluding carboxylic acids is 2. The van der Waals surface area contributed by atoms with Crippen molar-refractivity contribution in [1.29, 1.82) is 0 Å². The maximum absolute atomic E-state index is 12.2. The number of hydroxylamine groups is 1. The summed E-state index contributed by atoms with van der Waals surface area (Å²) in [7, 11) is 0. The zero-order chi connectivity index (χ0) is 23.5. The van der Waals surface area contributed by atoms with Crippen molar-refractivity contribution in [3.63, 3.8) is 0 Å². The number of hydrogen-bond donors (Lipinski definition) is 2. The highest BCUT2D eigenvalue weighted by Gasteiger charge is 2.29. The van der Waals surface area contributed by atoms with Gasteiger partial charge < -0.3 is 9.74 Å². The predicted octanol–water partition coefficient (Wildman–Crippen LogP) is 4.64. The third kappa shape index (κ3) is 7.70. The van der Waals surface area contributed by atoms with Crippen molar-refractivity contribution in [3.8, 4) is 0 Å². The topological polar surface area (TPSA) is 58.6 Å². The predicted molar refractivity (Wildman–Crippen MR) is 135 cm³/mol. The van der Waals surface area contributed by atoms with Crippen molar-refractivity contribution in [1.82, 2.24) is 10.4 Å². The molecule has 2 aromatic carbocycles. The van der Waals surface area contributed by atoms with E-state index in [2.05, 4.69) is 83.7 Å². The van der Waals surface area contributed by atoms with Crippen LogP contribution in [-0.2, 0) is 14.4 Å². The van der Waals surface area contributed by atoms with Gasteiger partial charge >= 0.3 is 5.97 Å². The summed E-state index contributed by atoms with van der Waals surface area (Å²) in [4.78, 5) is 31.6. The van der Waals surface area contributed by atoms with E-state index in [0.29, 0.717) is 37.0 Å². The van der Waals surface area contributed by atoms with Gasteiger partial charge in [-0.05, 0) is 49.4 Å². The van der Waals surface area contributed by atoms with Crippen molar-refractivity contribution in [2.24, 2.45) is 5.92 Å². The average molecular weight is 469 g/mol. The highest BCUT2D eigenvalue weighted by molar-refractivity contribution is 7.80. The second-order valence-electron chi connectivity index (χ2n) is 8.77. The Morgan fingerprint density at radius 2 is 1.58 bits per heavy atom. The zero-order valence-corrected chi connectivity index (χ0v) is 20.4. The molecule has 178 valence electrons. The Hall–Kier alpha value is -2.15. The number of rotatable bonds is 12. The molecule has 1 heterocycles. The van der Waals surface area contributed by atoms with Gasteiger partial charge in [0.25, 0.3) is 0 Å². The van der Waals surface area contributed by atoms with Crippen LogP contribution in [0.15, 0.2) is 60.7 Å². The number of nitrogens with zero attached hydrogens (tertiary/aromatic N) is 1. The van der Waals surface area contributed by atoms with E-state index in [1.165, 1.54) is 11.1 Å². The Morgan fingerprint density at radius 1 is 1.00 bits per heavy atom. The van der Waals surface area contributed by atoms with Gasteiger partial charge in [0.1, 0.15) is 6.04 Å². The third-order valence-corrected chi connectivity index (χ3v) is 6.80. The van der Waals surface area contributed by atoms with Crippen molar-refractivity contribution >= 4 is 24.4 Å². The van der Waals surface area contributed by atoms with Crippen molar-refractivity contribution in [2.45, 2.75) is 51.0 Å². The van der Waals surface area contributed by atoms with Gasteiger partial charge in [-0.1, -0.05) is 67.6 Å². The summed E-state index contributed by atoms with van der Waals surface area (Å²) in [5, 5.41) is 0. The standard InChI is InChI=1S/C27H36N2O3S/c1-2-9-25(30)24(20-33)28-32-26(31)16-19-29-17-14-23(15-18-29)27(21-10-5-3-6-11-21)22-12-7-4-8-13-22/h3-8,10-13,23-24,27-28,33H,2,9,14-20H2,1H3/t24-/m0/s1. The number of hydrogen-bond acceptors (Lipinski definition) is 6. The van der Waals surface area contributed by atoms with Crippen LogP contribution in [0.25, 0.3) is 0 Å². The van der Waals surface area contributed by atoms with Crippen LogP contribution in [0.2, 0.25) is 0 Å². The number of likely N-dealkylation sites (tertiary alicyclic amines) is 1. The summed E-state index contributed by atoms with van der Waals surface area (Å²) in [6, 6.07) is 21.0. The molecule has 1 aliphatic heterocycles. The Balaban J connectivity index is 1.48. The molecule has 1 fully saturated rings. The van der Waals surface area contributed by atoms with E-state index in [4.69, 9.17) is 4.84 Å². The van der Waals surface area contributed by atoms with Crippen LogP contribution in [0.1, 0.15) is 56.1 Å². The SMILES string of the molecule is CCCC(=O)[C@H](CS)NOC(=O)CCN1CCC(C(c2ccccc2)c2ccccc2)CC1. The molecule has 0 amide bonds. The van der Waals surface area contributed by atoms with Gasteiger partial charge in [-0.3, -0.25) is 9.59 Å². The Bertz CT molecular complexity index is 815. The van der Waals surface area contributed by atoms with Crippen molar-refractivity contribution in [3.05, 3.63) is 71.8 Å². The second-order valence-corrected chi connectivity index (χ2v) is 9.14. The van der Waals surface area contributed by atoms with Crippen LogP contribution in [0, 0.1) is 5.92 Å². The van der Waals surface area contributed by atoms with Gasteiger partial charge in [0.15, 0.2) is 5.78 Å². The Morgan fingerprint density at radius 3 is 2.09 bits per heavy atom. The molecule has 1 saturated heterocycles. The highest BCUT2D eigenvalue weighted by atomic mass is 32.1. The molecule has 0 spiro atoms. The summed E-state index contributed by atoms with van der Waals surface area (Å²) >= 11 is 4.18. The summed E-state index contributed by atoms with van der Waals surface area (Å²) in [6.07, 6.45) is 3.71. The smallest absolute Gasteiger partial charge is 0.326 e. The fourth-order valence-corrected chi connectivity index (χ4v) is 4.91. The lowest BCUT2D eigenvalue weighted by Crippen LogP contribution is -2.41. The van der Waals surface area contributed by atoms with Crippen molar-refractivity contribution < 1.29 is 14.4 Å². The Labute approximate surface area is 203 Å². The molecule has 2 aromatic rings. The van der Waals surface area contributed by atoms with Crippen LogP contribution in [0.4, 0.5) is 0 Å². The largest absolute Gasteiger partial charge is 0.370 e. The van der Waals surface area contributed by atoms with Gasteiger partial charge in [0.05, 0.1) is 6.42 Å². The van der Waals surface area contributed by atoms with Gasteiger partial charge in [0, 0.05) is 24.6 Å². The average Bonchev–Trinajstić information content (AvgIpc) is 2.85. The van der Waals surface area contributed by atoms with E-state index in [-0.39, 0.29) is 11.8 Å². The fourth-order valence-electron chi connectivity index (χ4n) is 4.63. The third-order valence-electron chi connectivity index (χ3n) is 6.44. The first kappa shape index (κ1) is 25.5. The second kappa shape index (κ2) is 13.5. The van der Waals surface area contributed by atoms with Crippen LogP contribution in [-0.4, -0.2) is 48.1 Å². The lowest BCUT2D eigenvalue weighted by Gasteiger charge is -2.36. The van der Waals surface area contributed by atoms with Crippen LogP contribution in [0.3, 0.4) is 0 Å². The molecule has 0 saturated carbocycles. The van der Waals surface area contributed by atoms with E-state index in [9.17, 15) is 9.59 Å². The number of piperidine rings is 1. The summed E-state index contributed by atoms with van der Waals surface area (Å²) in [6.45, 7) is 4.55. The van der Waals surface area contributed by atoms with E-state index in [1.54, 1.807) is 0 Å². The molecular formula is C27H36N2O3S. The molecule has 0 aliphatic carbocycles. The number of ketones is 1.